The second-order valence-corrected chi connectivity index (χ2v) is 7.71. The van der Waals surface area contributed by atoms with Crippen molar-refractivity contribution in [1.29, 1.82) is 0 Å². The molecular weight excluding hydrogens is 376 g/mol. The van der Waals surface area contributed by atoms with Crippen LogP contribution < -0.4 is 15.5 Å². The SMILES string of the molecule is Cc1cc(N(C)C)nc(NC2CCC(C(=O)NCc3cccc(F)c3F)CC2)n1. The smallest absolute Gasteiger partial charge is 0.225 e. The van der Waals surface area contributed by atoms with E-state index < -0.39 is 11.6 Å². The number of hydrogen-bond acceptors (Lipinski definition) is 5. The molecule has 0 atom stereocenters. The second kappa shape index (κ2) is 9.15. The molecule has 2 N–H and O–H groups in total. The van der Waals surface area contributed by atoms with Crippen LogP contribution in [-0.2, 0) is 11.3 Å². The largest absolute Gasteiger partial charge is 0.363 e. The number of nitrogens with zero attached hydrogens (tertiary/aromatic N) is 3. The standard InChI is InChI=1S/C21H27F2N5O/c1-13-11-18(28(2)3)27-21(25-13)26-16-9-7-14(8-10-16)20(29)24-12-15-5-4-6-17(22)19(15)23/h4-6,11,14,16H,7-10,12H2,1-3H3,(H,24,29)(H,25,26,27). The van der Waals surface area contributed by atoms with Crippen molar-refractivity contribution in [2.75, 3.05) is 24.3 Å². The van der Waals surface area contributed by atoms with Gasteiger partial charge in [-0.25, -0.2) is 13.8 Å². The Kier molecular flexibility index (Phi) is 6.61. The van der Waals surface area contributed by atoms with Crippen molar-refractivity contribution < 1.29 is 13.6 Å². The molecule has 0 saturated heterocycles. The third kappa shape index (κ3) is 5.40. The minimum Gasteiger partial charge on any atom is -0.363 e. The molecule has 3 rings (SSSR count). The summed E-state index contributed by atoms with van der Waals surface area (Å²) in [6.45, 7) is 1.92. The fraction of sp³-hybridized carbons (Fsp3) is 0.476. The predicted molar refractivity (Wildman–Crippen MR) is 109 cm³/mol. The summed E-state index contributed by atoms with van der Waals surface area (Å²) in [7, 11) is 3.87. The molecule has 0 spiro atoms. The molecule has 1 aromatic carbocycles. The Hall–Kier alpha value is -2.77. The fourth-order valence-electron chi connectivity index (χ4n) is 3.54. The van der Waals surface area contributed by atoms with E-state index in [-0.39, 0.29) is 30.0 Å². The molecule has 1 aromatic heterocycles. The Labute approximate surface area is 169 Å². The molecule has 1 aliphatic carbocycles. The average Bonchev–Trinajstić information content (AvgIpc) is 2.69. The van der Waals surface area contributed by atoms with E-state index in [1.165, 1.54) is 12.1 Å². The summed E-state index contributed by atoms with van der Waals surface area (Å²) in [5.41, 5.74) is 1.05. The molecule has 0 aliphatic heterocycles. The van der Waals surface area contributed by atoms with Crippen LogP contribution in [0.15, 0.2) is 24.3 Å². The van der Waals surface area contributed by atoms with Gasteiger partial charge in [-0.1, -0.05) is 12.1 Å². The van der Waals surface area contributed by atoms with E-state index in [0.29, 0.717) is 5.95 Å². The number of nitrogens with one attached hydrogen (secondary N) is 2. The lowest BCUT2D eigenvalue weighted by molar-refractivity contribution is -0.126. The molecule has 1 heterocycles. The molecular formula is C21H27F2N5O. The maximum Gasteiger partial charge on any atom is 0.225 e. The Morgan fingerprint density at radius 2 is 1.90 bits per heavy atom. The van der Waals surface area contributed by atoms with E-state index >= 15 is 0 Å². The minimum absolute atomic E-state index is 0.00888. The maximum absolute atomic E-state index is 13.7. The topological polar surface area (TPSA) is 70.2 Å². The number of aromatic nitrogens is 2. The molecule has 2 aromatic rings. The Bertz CT molecular complexity index is 866. The van der Waals surface area contributed by atoms with Crippen molar-refractivity contribution >= 4 is 17.7 Å². The van der Waals surface area contributed by atoms with Crippen LogP contribution >= 0.6 is 0 Å². The molecule has 29 heavy (non-hydrogen) atoms. The van der Waals surface area contributed by atoms with Crippen LogP contribution in [0.4, 0.5) is 20.5 Å². The highest BCUT2D eigenvalue weighted by Crippen LogP contribution is 2.27. The predicted octanol–water partition coefficient (Wildman–Crippen LogP) is 3.42. The number of halogens is 2. The first-order valence-electron chi connectivity index (χ1n) is 9.83. The van der Waals surface area contributed by atoms with E-state index in [1.807, 2.05) is 32.0 Å². The molecule has 156 valence electrons. The summed E-state index contributed by atoms with van der Waals surface area (Å²) < 4.78 is 27.0. The summed E-state index contributed by atoms with van der Waals surface area (Å²) in [5, 5.41) is 6.11. The van der Waals surface area contributed by atoms with Gasteiger partial charge in [0.2, 0.25) is 11.9 Å². The van der Waals surface area contributed by atoms with Gasteiger partial charge >= 0.3 is 0 Å². The van der Waals surface area contributed by atoms with Crippen molar-refractivity contribution in [3.63, 3.8) is 0 Å². The molecule has 1 amide bonds. The van der Waals surface area contributed by atoms with Crippen LogP contribution in [0.2, 0.25) is 0 Å². The van der Waals surface area contributed by atoms with Crippen molar-refractivity contribution in [1.82, 2.24) is 15.3 Å². The van der Waals surface area contributed by atoms with Crippen molar-refractivity contribution in [2.24, 2.45) is 5.92 Å². The third-order valence-electron chi connectivity index (χ3n) is 5.21. The van der Waals surface area contributed by atoms with Crippen molar-refractivity contribution in [3.05, 3.63) is 47.2 Å². The number of rotatable bonds is 6. The quantitative estimate of drug-likeness (QED) is 0.774. The van der Waals surface area contributed by atoms with Crippen molar-refractivity contribution in [2.45, 2.75) is 45.2 Å². The van der Waals surface area contributed by atoms with Gasteiger partial charge in [0.1, 0.15) is 5.82 Å². The van der Waals surface area contributed by atoms with Gasteiger partial charge in [-0.3, -0.25) is 4.79 Å². The summed E-state index contributed by atoms with van der Waals surface area (Å²) >= 11 is 0. The van der Waals surface area contributed by atoms with Gasteiger partial charge in [0, 0.05) is 49.9 Å². The van der Waals surface area contributed by atoms with Gasteiger partial charge in [-0.2, -0.15) is 4.98 Å². The average molecular weight is 403 g/mol. The first-order chi connectivity index (χ1) is 13.8. The van der Waals surface area contributed by atoms with Crippen LogP contribution in [0, 0.1) is 24.5 Å². The number of benzene rings is 1. The Morgan fingerprint density at radius 1 is 1.17 bits per heavy atom. The maximum atomic E-state index is 13.7. The van der Waals surface area contributed by atoms with Gasteiger partial charge in [0.15, 0.2) is 11.6 Å². The summed E-state index contributed by atoms with van der Waals surface area (Å²) in [6.07, 6.45) is 3.09. The highest BCUT2D eigenvalue weighted by Gasteiger charge is 2.27. The molecule has 1 fully saturated rings. The van der Waals surface area contributed by atoms with Crippen LogP contribution in [0.1, 0.15) is 36.9 Å². The van der Waals surface area contributed by atoms with E-state index in [2.05, 4.69) is 20.6 Å². The number of hydrogen-bond donors (Lipinski definition) is 2. The first kappa shape index (κ1) is 21.0. The molecule has 0 bridgehead atoms. The molecule has 6 nitrogen and oxygen atoms in total. The molecule has 8 heteroatoms. The number of amides is 1. The molecule has 0 radical (unpaired) electrons. The van der Waals surface area contributed by atoms with E-state index in [0.717, 1.165) is 43.3 Å². The van der Waals surface area contributed by atoms with E-state index in [1.54, 1.807) is 0 Å². The first-order valence-corrected chi connectivity index (χ1v) is 9.83. The highest BCUT2D eigenvalue weighted by atomic mass is 19.2. The zero-order valence-electron chi connectivity index (χ0n) is 17.0. The van der Waals surface area contributed by atoms with Crippen molar-refractivity contribution in [3.8, 4) is 0 Å². The highest BCUT2D eigenvalue weighted by molar-refractivity contribution is 5.78. The second-order valence-electron chi connectivity index (χ2n) is 7.71. The van der Waals surface area contributed by atoms with Crippen LogP contribution in [0.3, 0.4) is 0 Å². The molecule has 1 saturated carbocycles. The van der Waals surface area contributed by atoms with Gasteiger partial charge < -0.3 is 15.5 Å². The molecule has 0 unspecified atom stereocenters. The van der Waals surface area contributed by atoms with E-state index in [9.17, 15) is 13.6 Å². The number of aryl methyl sites for hydroxylation is 1. The van der Waals surface area contributed by atoms with Crippen LogP contribution in [0.5, 0.6) is 0 Å². The fourth-order valence-corrected chi connectivity index (χ4v) is 3.54. The number of carbonyl (C=O) groups is 1. The van der Waals surface area contributed by atoms with E-state index in [4.69, 9.17) is 0 Å². The third-order valence-corrected chi connectivity index (χ3v) is 5.21. The van der Waals surface area contributed by atoms with Gasteiger partial charge in [0.05, 0.1) is 0 Å². The van der Waals surface area contributed by atoms with Crippen LogP contribution in [0.25, 0.3) is 0 Å². The summed E-state index contributed by atoms with van der Waals surface area (Å²) in [5.74, 6) is -0.606. The summed E-state index contributed by atoms with van der Waals surface area (Å²) in [6, 6.07) is 6.11. The normalized spacial score (nSPS) is 18.9. The number of anilines is 2. The molecule has 1 aliphatic rings. The lowest BCUT2D eigenvalue weighted by Gasteiger charge is -2.28. The minimum atomic E-state index is -0.907. The number of carbonyl (C=O) groups excluding carboxylic acids is 1. The Balaban J connectivity index is 1.50. The van der Waals surface area contributed by atoms with Crippen LogP contribution in [-0.4, -0.2) is 36.0 Å². The van der Waals surface area contributed by atoms with Gasteiger partial charge in [-0.15, -0.1) is 0 Å². The summed E-state index contributed by atoms with van der Waals surface area (Å²) in [4.78, 5) is 23.3. The monoisotopic (exact) mass is 403 g/mol. The van der Waals surface area contributed by atoms with Gasteiger partial charge in [-0.05, 0) is 38.7 Å². The lowest BCUT2D eigenvalue weighted by Crippen LogP contribution is -2.36. The zero-order chi connectivity index (χ0) is 21.0. The zero-order valence-corrected chi connectivity index (χ0v) is 17.0. The van der Waals surface area contributed by atoms with Gasteiger partial charge in [0.25, 0.3) is 0 Å². The lowest BCUT2D eigenvalue weighted by atomic mass is 9.85. The Morgan fingerprint density at radius 3 is 2.59 bits per heavy atom.